The van der Waals surface area contributed by atoms with Gasteiger partial charge in [-0.15, -0.1) is 0 Å². The summed E-state index contributed by atoms with van der Waals surface area (Å²) in [6.07, 6.45) is 13.7. The minimum absolute atomic E-state index is 0.977. The van der Waals surface area contributed by atoms with Gasteiger partial charge >= 0.3 is 0 Å². The first-order valence-corrected chi connectivity index (χ1v) is 7.52. The van der Waals surface area contributed by atoms with Gasteiger partial charge in [0.2, 0.25) is 0 Å². The van der Waals surface area contributed by atoms with Gasteiger partial charge in [-0.2, -0.15) is 5.10 Å². The highest BCUT2D eigenvalue weighted by Gasteiger charge is 1.94. The van der Waals surface area contributed by atoms with E-state index in [2.05, 4.69) is 30.5 Å². The van der Waals surface area contributed by atoms with Gasteiger partial charge in [0.25, 0.3) is 0 Å². The standard InChI is InChI=1S/C15H29N3/c1-3-4-5-6-7-8-9-10-16-11-12-18-14-15(2)13-17-18/h13-14,16H,3-12H2,1-2H3. The van der Waals surface area contributed by atoms with E-state index in [1.807, 2.05) is 10.9 Å². The molecule has 1 rings (SSSR count). The molecule has 0 unspecified atom stereocenters. The van der Waals surface area contributed by atoms with Crippen LogP contribution in [-0.2, 0) is 6.54 Å². The lowest BCUT2D eigenvalue weighted by molar-refractivity contribution is 0.526. The fourth-order valence-electron chi connectivity index (χ4n) is 2.11. The van der Waals surface area contributed by atoms with Crippen LogP contribution in [0.1, 0.15) is 57.4 Å². The molecule has 0 aliphatic rings. The van der Waals surface area contributed by atoms with Crippen molar-refractivity contribution in [3.05, 3.63) is 18.0 Å². The second-order valence-corrected chi connectivity index (χ2v) is 5.15. The molecule has 0 atom stereocenters. The Kier molecular flexibility index (Phi) is 8.57. The van der Waals surface area contributed by atoms with E-state index in [-0.39, 0.29) is 0 Å². The van der Waals surface area contributed by atoms with Crippen LogP contribution in [0.5, 0.6) is 0 Å². The van der Waals surface area contributed by atoms with E-state index in [1.165, 1.54) is 50.5 Å². The second kappa shape index (κ2) is 10.1. The Morgan fingerprint density at radius 3 is 2.44 bits per heavy atom. The van der Waals surface area contributed by atoms with E-state index in [4.69, 9.17) is 0 Å². The van der Waals surface area contributed by atoms with Crippen molar-refractivity contribution in [2.24, 2.45) is 0 Å². The molecule has 104 valence electrons. The van der Waals surface area contributed by atoms with Crippen molar-refractivity contribution < 1.29 is 0 Å². The Bertz CT molecular complexity index is 294. The summed E-state index contributed by atoms with van der Waals surface area (Å²) in [6.45, 7) is 7.50. The van der Waals surface area contributed by atoms with Crippen LogP contribution in [0.15, 0.2) is 12.4 Å². The van der Waals surface area contributed by atoms with Gasteiger partial charge in [-0.3, -0.25) is 4.68 Å². The van der Waals surface area contributed by atoms with Gasteiger partial charge < -0.3 is 5.32 Å². The van der Waals surface area contributed by atoms with E-state index in [1.54, 1.807) is 0 Å². The number of hydrogen-bond donors (Lipinski definition) is 1. The number of rotatable bonds is 11. The van der Waals surface area contributed by atoms with Crippen LogP contribution in [0.3, 0.4) is 0 Å². The van der Waals surface area contributed by atoms with E-state index in [0.717, 1.165) is 19.6 Å². The lowest BCUT2D eigenvalue weighted by atomic mass is 10.1. The van der Waals surface area contributed by atoms with Crippen LogP contribution >= 0.6 is 0 Å². The quantitative estimate of drug-likeness (QED) is 0.610. The molecule has 0 aliphatic carbocycles. The van der Waals surface area contributed by atoms with Crippen LogP contribution in [-0.4, -0.2) is 22.9 Å². The Balaban J connectivity index is 1.81. The van der Waals surface area contributed by atoms with Crippen molar-refractivity contribution in [1.82, 2.24) is 15.1 Å². The molecule has 0 radical (unpaired) electrons. The molecular weight excluding hydrogens is 222 g/mol. The zero-order valence-corrected chi connectivity index (χ0v) is 12.1. The van der Waals surface area contributed by atoms with Crippen LogP contribution in [0.2, 0.25) is 0 Å². The van der Waals surface area contributed by atoms with E-state index < -0.39 is 0 Å². The maximum Gasteiger partial charge on any atom is 0.0534 e. The Hall–Kier alpha value is -0.830. The minimum atomic E-state index is 0.977. The summed E-state index contributed by atoms with van der Waals surface area (Å²) < 4.78 is 2.01. The van der Waals surface area contributed by atoms with Gasteiger partial charge in [-0.25, -0.2) is 0 Å². The van der Waals surface area contributed by atoms with Crippen LogP contribution < -0.4 is 5.32 Å². The third-order valence-electron chi connectivity index (χ3n) is 3.24. The van der Waals surface area contributed by atoms with Crippen LogP contribution in [0, 0.1) is 6.92 Å². The SMILES string of the molecule is CCCCCCCCCNCCn1cc(C)cn1. The third kappa shape index (κ3) is 7.49. The molecule has 1 aromatic rings. The minimum Gasteiger partial charge on any atom is -0.315 e. The molecule has 18 heavy (non-hydrogen) atoms. The Morgan fingerprint density at radius 2 is 1.78 bits per heavy atom. The Morgan fingerprint density at radius 1 is 1.06 bits per heavy atom. The van der Waals surface area contributed by atoms with E-state index in [9.17, 15) is 0 Å². The number of nitrogens with zero attached hydrogens (tertiary/aromatic N) is 2. The van der Waals surface area contributed by atoms with Gasteiger partial charge in [0.1, 0.15) is 0 Å². The average Bonchev–Trinajstić information content (AvgIpc) is 2.77. The monoisotopic (exact) mass is 251 g/mol. The molecule has 1 aromatic heterocycles. The molecule has 0 aliphatic heterocycles. The highest BCUT2D eigenvalue weighted by Crippen LogP contribution is 2.06. The summed E-state index contributed by atoms with van der Waals surface area (Å²) in [5.41, 5.74) is 1.24. The zero-order chi connectivity index (χ0) is 13.1. The maximum atomic E-state index is 4.27. The zero-order valence-electron chi connectivity index (χ0n) is 12.1. The molecule has 0 saturated heterocycles. The summed E-state index contributed by atoms with van der Waals surface area (Å²) in [5.74, 6) is 0. The van der Waals surface area contributed by atoms with Crippen molar-refractivity contribution in [1.29, 1.82) is 0 Å². The fraction of sp³-hybridized carbons (Fsp3) is 0.800. The number of hydrogen-bond acceptors (Lipinski definition) is 2. The molecule has 0 saturated carbocycles. The maximum absolute atomic E-state index is 4.27. The second-order valence-electron chi connectivity index (χ2n) is 5.15. The largest absolute Gasteiger partial charge is 0.315 e. The van der Waals surface area contributed by atoms with Gasteiger partial charge in [0.15, 0.2) is 0 Å². The van der Waals surface area contributed by atoms with Gasteiger partial charge in [0, 0.05) is 12.7 Å². The van der Waals surface area contributed by atoms with Crippen molar-refractivity contribution in [2.75, 3.05) is 13.1 Å². The summed E-state index contributed by atoms with van der Waals surface area (Å²) >= 11 is 0. The van der Waals surface area contributed by atoms with E-state index in [0.29, 0.717) is 0 Å². The number of unbranched alkanes of at least 4 members (excludes halogenated alkanes) is 6. The molecule has 3 nitrogen and oxygen atoms in total. The topological polar surface area (TPSA) is 29.9 Å². The first kappa shape index (κ1) is 15.2. The van der Waals surface area contributed by atoms with Crippen LogP contribution in [0.25, 0.3) is 0 Å². The average molecular weight is 251 g/mol. The highest BCUT2D eigenvalue weighted by atomic mass is 15.3. The molecular formula is C15H29N3. The highest BCUT2D eigenvalue weighted by molar-refractivity contribution is 4.99. The fourth-order valence-corrected chi connectivity index (χ4v) is 2.11. The van der Waals surface area contributed by atoms with Crippen molar-refractivity contribution in [3.63, 3.8) is 0 Å². The van der Waals surface area contributed by atoms with Gasteiger partial charge in [0.05, 0.1) is 12.7 Å². The first-order chi connectivity index (χ1) is 8.83. The molecule has 0 fully saturated rings. The number of aromatic nitrogens is 2. The normalized spacial score (nSPS) is 11.0. The Labute approximate surface area is 112 Å². The predicted molar refractivity (Wildman–Crippen MR) is 77.8 cm³/mol. The molecule has 1 N–H and O–H groups in total. The smallest absolute Gasteiger partial charge is 0.0534 e. The van der Waals surface area contributed by atoms with Crippen molar-refractivity contribution >= 4 is 0 Å². The molecule has 0 amide bonds. The molecule has 0 aromatic carbocycles. The predicted octanol–water partition coefficient (Wildman–Crippen LogP) is 3.53. The van der Waals surface area contributed by atoms with E-state index >= 15 is 0 Å². The summed E-state index contributed by atoms with van der Waals surface area (Å²) in [5, 5.41) is 7.75. The molecule has 0 spiro atoms. The first-order valence-electron chi connectivity index (χ1n) is 7.52. The number of nitrogens with one attached hydrogen (secondary N) is 1. The summed E-state index contributed by atoms with van der Waals surface area (Å²) in [7, 11) is 0. The van der Waals surface area contributed by atoms with Gasteiger partial charge in [-0.05, 0) is 25.5 Å². The van der Waals surface area contributed by atoms with Crippen molar-refractivity contribution in [2.45, 2.75) is 65.3 Å². The van der Waals surface area contributed by atoms with Gasteiger partial charge in [-0.1, -0.05) is 45.4 Å². The molecule has 1 heterocycles. The summed E-state index contributed by atoms with van der Waals surface area (Å²) in [6, 6.07) is 0. The molecule has 3 heteroatoms. The lowest BCUT2D eigenvalue weighted by Crippen LogP contribution is -2.21. The summed E-state index contributed by atoms with van der Waals surface area (Å²) in [4.78, 5) is 0. The third-order valence-corrected chi connectivity index (χ3v) is 3.24. The van der Waals surface area contributed by atoms with Crippen LogP contribution in [0.4, 0.5) is 0 Å². The number of aryl methyl sites for hydroxylation is 1. The van der Waals surface area contributed by atoms with Crippen molar-refractivity contribution in [3.8, 4) is 0 Å². The lowest BCUT2D eigenvalue weighted by Gasteiger charge is -2.05. The molecule has 0 bridgehead atoms.